The van der Waals surface area contributed by atoms with Crippen LogP contribution in [0.1, 0.15) is 52.4 Å². The van der Waals surface area contributed by atoms with Crippen LogP contribution < -0.4 is 24.8 Å². The van der Waals surface area contributed by atoms with Crippen molar-refractivity contribution < 1.29 is 33.1 Å². The maximum atomic E-state index is 13.8. The summed E-state index contributed by atoms with van der Waals surface area (Å²) in [7, 11) is 1.57. The number of rotatable bonds is 4. The highest BCUT2D eigenvalue weighted by Gasteiger charge is 2.35. The average molecular weight is 639 g/mol. The lowest BCUT2D eigenvalue weighted by molar-refractivity contribution is -0.123. The third-order valence-corrected chi connectivity index (χ3v) is 8.22. The van der Waals surface area contributed by atoms with Crippen LogP contribution in [0.3, 0.4) is 0 Å². The Bertz CT molecular complexity index is 1750. The van der Waals surface area contributed by atoms with Crippen molar-refractivity contribution in [2.24, 2.45) is 5.92 Å². The van der Waals surface area contributed by atoms with Gasteiger partial charge in [-0.05, 0) is 59.5 Å². The Balaban J connectivity index is 1.31. The van der Waals surface area contributed by atoms with Crippen molar-refractivity contribution in [3.63, 3.8) is 0 Å². The van der Waals surface area contributed by atoms with E-state index >= 15 is 0 Å². The molecular formula is C36H38N4O7. The molecule has 0 saturated carbocycles. The number of carbonyl (C=O) groups is 3. The Hall–Kier alpha value is -5.32. The Kier molecular flexibility index (Phi) is 9.42. The molecule has 7 rings (SSSR count). The Labute approximate surface area is 273 Å². The number of hydrogen-bond acceptors (Lipinski definition) is 8. The van der Waals surface area contributed by atoms with Crippen LogP contribution in [0.15, 0.2) is 77.3 Å². The Morgan fingerprint density at radius 2 is 1.85 bits per heavy atom. The lowest BCUT2D eigenvalue weighted by atomic mass is 9.99. The smallest absolute Gasteiger partial charge is 0.276 e. The van der Waals surface area contributed by atoms with Crippen LogP contribution >= 0.6 is 0 Å². The van der Waals surface area contributed by atoms with Gasteiger partial charge < -0.3 is 34.3 Å². The zero-order valence-corrected chi connectivity index (χ0v) is 26.7. The second-order valence-electron chi connectivity index (χ2n) is 12.2. The minimum atomic E-state index is -0.533. The van der Waals surface area contributed by atoms with Crippen LogP contribution in [0.25, 0.3) is 11.1 Å². The first-order valence-corrected chi connectivity index (χ1v) is 15.7. The van der Waals surface area contributed by atoms with Crippen molar-refractivity contribution in [1.82, 2.24) is 20.7 Å². The normalized spacial score (nSPS) is 18.3. The monoisotopic (exact) mass is 638 g/mol. The first-order chi connectivity index (χ1) is 22.7. The summed E-state index contributed by atoms with van der Waals surface area (Å²) in [6.07, 6.45) is 0.743. The van der Waals surface area contributed by atoms with E-state index in [9.17, 15) is 14.4 Å². The van der Waals surface area contributed by atoms with Gasteiger partial charge in [0.1, 0.15) is 29.1 Å². The van der Waals surface area contributed by atoms with Crippen LogP contribution in [-0.2, 0) is 17.8 Å². The van der Waals surface area contributed by atoms with Gasteiger partial charge in [0, 0.05) is 49.7 Å². The highest BCUT2D eigenvalue weighted by atomic mass is 16.5. The maximum absolute atomic E-state index is 13.8. The number of carbonyl (C=O) groups excluding carboxylic acids is 3. The minimum absolute atomic E-state index is 0.150. The van der Waals surface area contributed by atoms with E-state index in [1.807, 2.05) is 36.4 Å². The lowest BCUT2D eigenvalue weighted by Crippen LogP contribution is -2.58. The van der Waals surface area contributed by atoms with Crippen molar-refractivity contribution in [3.8, 4) is 28.4 Å². The summed E-state index contributed by atoms with van der Waals surface area (Å²) < 4.78 is 23.2. The van der Waals surface area contributed by atoms with E-state index in [1.54, 1.807) is 48.4 Å². The number of nitrogens with zero attached hydrogens (tertiary/aromatic N) is 2. The second-order valence-corrected chi connectivity index (χ2v) is 12.2. The number of ether oxygens (including phenoxy) is 3. The van der Waals surface area contributed by atoms with E-state index < -0.39 is 12.1 Å². The summed E-state index contributed by atoms with van der Waals surface area (Å²) in [4.78, 5) is 41.6. The molecule has 0 aliphatic carbocycles. The van der Waals surface area contributed by atoms with Crippen LogP contribution in [-0.4, -0.2) is 66.7 Å². The maximum Gasteiger partial charge on any atom is 0.276 e. The molecule has 3 aliphatic rings. The van der Waals surface area contributed by atoms with Gasteiger partial charge in [0.05, 0.1) is 13.2 Å². The summed E-state index contributed by atoms with van der Waals surface area (Å²) >= 11 is 0. The highest BCUT2D eigenvalue weighted by Crippen LogP contribution is 2.33. The largest absolute Gasteiger partial charge is 0.496 e. The molecule has 6 bridgehead atoms. The molecule has 3 aliphatic heterocycles. The molecule has 4 heterocycles. The topological polar surface area (TPSA) is 132 Å². The average Bonchev–Trinajstić information content (AvgIpc) is 3.54. The van der Waals surface area contributed by atoms with Crippen LogP contribution in [0.2, 0.25) is 0 Å². The van der Waals surface area contributed by atoms with E-state index in [4.69, 9.17) is 18.7 Å². The van der Waals surface area contributed by atoms with Crippen LogP contribution in [0, 0.1) is 5.92 Å². The number of piperidine rings is 1. The highest BCUT2D eigenvalue weighted by molar-refractivity contribution is 5.97. The van der Waals surface area contributed by atoms with E-state index in [0.717, 1.165) is 11.1 Å². The molecule has 4 aromatic rings. The number of methoxy groups -OCH3 is 1. The van der Waals surface area contributed by atoms with E-state index in [1.165, 1.54) is 0 Å². The molecule has 1 fully saturated rings. The second kappa shape index (κ2) is 14.0. The summed E-state index contributed by atoms with van der Waals surface area (Å²) in [6, 6.07) is 21.0. The third-order valence-electron chi connectivity index (χ3n) is 8.22. The molecule has 11 nitrogen and oxygen atoms in total. The van der Waals surface area contributed by atoms with Gasteiger partial charge in [-0.15, -0.1) is 0 Å². The predicted molar refractivity (Wildman–Crippen MR) is 173 cm³/mol. The quantitative estimate of drug-likeness (QED) is 0.330. The Morgan fingerprint density at radius 1 is 1.02 bits per heavy atom. The number of benzene rings is 3. The van der Waals surface area contributed by atoms with Gasteiger partial charge in [-0.1, -0.05) is 43.3 Å². The molecule has 0 spiro atoms. The van der Waals surface area contributed by atoms with Gasteiger partial charge in [0.25, 0.3) is 17.7 Å². The zero-order valence-electron chi connectivity index (χ0n) is 26.7. The molecule has 3 amide bonds. The van der Waals surface area contributed by atoms with Crippen molar-refractivity contribution in [2.75, 3.05) is 26.8 Å². The van der Waals surface area contributed by atoms with Gasteiger partial charge in [-0.25, -0.2) is 0 Å². The van der Waals surface area contributed by atoms with Crippen molar-refractivity contribution >= 4 is 17.7 Å². The number of likely N-dealkylation sites (tertiary alicyclic amines) is 1. The van der Waals surface area contributed by atoms with Gasteiger partial charge in [-0.3, -0.25) is 14.4 Å². The van der Waals surface area contributed by atoms with Gasteiger partial charge in [0.15, 0.2) is 12.3 Å². The SMILES string of the molecule is COc1ccc2cc1-c1cccc(c1)OCC(=O)NCc1ccc(cc1)O[C@@H]1CCN(C(=O)c3cc(CC(C)C)on3)C[C@H]1NC2=O. The Morgan fingerprint density at radius 3 is 2.64 bits per heavy atom. The molecule has 11 heteroatoms. The van der Waals surface area contributed by atoms with Gasteiger partial charge >= 0.3 is 0 Å². The molecule has 0 radical (unpaired) electrons. The molecule has 1 saturated heterocycles. The number of aromatic nitrogens is 1. The molecular weight excluding hydrogens is 600 g/mol. The van der Waals surface area contributed by atoms with Crippen molar-refractivity contribution in [3.05, 3.63) is 95.4 Å². The first-order valence-electron chi connectivity index (χ1n) is 15.7. The van der Waals surface area contributed by atoms with E-state index in [2.05, 4.69) is 29.6 Å². The zero-order chi connectivity index (χ0) is 32.9. The summed E-state index contributed by atoms with van der Waals surface area (Å²) in [5, 5.41) is 10.1. The standard InChI is InChI=1S/C36H38N4O7/c1-22(2)15-28-18-30(39-47-28)36(43)40-14-13-33-31(20-40)38-35(42)25-9-12-32(44-3)29(17-25)24-5-4-6-27(16-24)45-21-34(41)37-19-23-7-10-26(46-33)11-8-23/h4-12,16-18,22,31,33H,13-15,19-21H2,1-3H3,(H,37,41)(H,38,42)/t31-,33-/m1/s1. The number of hydrogen-bond donors (Lipinski definition) is 2. The van der Waals surface area contributed by atoms with Crippen LogP contribution in [0.5, 0.6) is 17.2 Å². The summed E-state index contributed by atoms with van der Waals surface area (Å²) in [5.41, 5.74) is 2.97. The van der Waals surface area contributed by atoms with Crippen molar-refractivity contribution in [1.29, 1.82) is 0 Å². The number of nitrogens with one attached hydrogen (secondary N) is 2. The third kappa shape index (κ3) is 7.57. The fraction of sp³-hybridized carbons (Fsp3) is 0.333. The molecule has 0 unspecified atom stereocenters. The molecule has 2 atom stereocenters. The fourth-order valence-electron chi connectivity index (χ4n) is 5.81. The first kappa shape index (κ1) is 31.7. The van der Waals surface area contributed by atoms with E-state index in [-0.39, 0.29) is 36.6 Å². The molecule has 1 aromatic heterocycles. The number of amides is 3. The minimum Gasteiger partial charge on any atom is -0.496 e. The fourth-order valence-corrected chi connectivity index (χ4v) is 5.81. The van der Waals surface area contributed by atoms with Crippen LogP contribution in [0.4, 0.5) is 0 Å². The predicted octanol–water partition coefficient (Wildman–Crippen LogP) is 4.65. The molecule has 47 heavy (non-hydrogen) atoms. The van der Waals surface area contributed by atoms with Gasteiger partial charge in [-0.2, -0.15) is 0 Å². The molecule has 2 N–H and O–H groups in total. The summed E-state index contributed by atoms with van der Waals surface area (Å²) in [5.74, 6) is 1.87. The van der Waals surface area contributed by atoms with Gasteiger partial charge in [0.2, 0.25) is 0 Å². The number of fused-ring (bicyclic) bond motifs is 7. The lowest BCUT2D eigenvalue weighted by Gasteiger charge is -2.38. The van der Waals surface area contributed by atoms with E-state index in [0.29, 0.717) is 66.0 Å². The summed E-state index contributed by atoms with van der Waals surface area (Å²) in [6.45, 7) is 4.95. The van der Waals surface area contributed by atoms with Crippen molar-refractivity contribution in [2.45, 2.75) is 45.4 Å². The molecule has 244 valence electrons. The molecule has 3 aromatic carbocycles.